The molecule has 0 fully saturated rings. The van der Waals surface area contributed by atoms with Gasteiger partial charge >= 0.3 is 0 Å². The van der Waals surface area contributed by atoms with Gasteiger partial charge in [0.05, 0.1) is 17.4 Å². The largest absolute Gasteiger partial charge is 0.360 e. The Hall–Kier alpha value is -2.48. The van der Waals surface area contributed by atoms with E-state index in [4.69, 9.17) is 16.3 Å². The fourth-order valence-electron chi connectivity index (χ4n) is 3.63. The Morgan fingerprint density at radius 2 is 1.75 bits per heavy atom. The van der Waals surface area contributed by atoms with Crippen molar-refractivity contribution >= 4 is 44.1 Å². The number of carbonyl (C=O) groups excluding carboxylic acids is 1. The molecule has 1 N–H and O–H groups in total. The molecule has 0 aliphatic carbocycles. The monoisotopic (exact) mass is 474 g/mol. The number of anilines is 1. The Balaban J connectivity index is 2.36. The summed E-state index contributed by atoms with van der Waals surface area (Å²) in [7, 11) is -3.47. The molecular formula is C24H27ClN2O4S. The molecule has 0 aliphatic heterocycles. The van der Waals surface area contributed by atoms with E-state index in [-0.39, 0.29) is 11.6 Å². The van der Waals surface area contributed by atoms with E-state index in [0.717, 1.165) is 33.9 Å². The predicted octanol–water partition coefficient (Wildman–Crippen LogP) is 5.68. The Morgan fingerprint density at radius 3 is 2.28 bits per heavy atom. The number of halogens is 1. The van der Waals surface area contributed by atoms with E-state index in [9.17, 15) is 13.2 Å². The number of carbonyl (C=O) groups is 1. The number of ketones is 1. The number of nitrogens with zero attached hydrogens (tertiary/aromatic N) is 1. The van der Waals surface area contributed by atoms with Gasteiger partial charge in [0.1, 0.15) is 11.9 Å². The summed E-state index contributed by atoms with van der Waals surface area (Å²) in [5, 5.41) is 1.37. The van der Waals surface area contributed by atoms with Crippen LogP contribution in [0.1, 0.15) is 44.9 Å². The van der Waals surface area contributed by atoms with Crippen LogP contribution in [-0.4, -0.2) is 31.0 Å². The quantitative estimate of drug-likeness (QED) is 0.496. The van der Waals surface area contributed by atoms with E-state index in [1.54, 1.807) is 24.3 Å². The van der Waals surface area contributed by atoms with Crippen molar-refractivity contribution in [3.63, 3.8) is 0 Å². The topological polar surface area (TPSA) is 85.4 Å². The summed E-state index contributed by atoms with van der Waals surface area (Å²) in [5.41, 5.74) is 3.29. The second-order valence-corrected chi connectivity index (χ2v) is 11.0. The molecule has 0 aliphatic rings. The molecule has 8 heteroatoms. The molecule has 0 spiro atoms. The molecule has 0 amide bonds. The number of pyridine rings is 1. The van der Waals surface area contributed by atoms with E-state index in [1.165, 1.54) is 6.92 Å². The van der Waals surface area contributed by atoms with Crippen LogP contribution in [0.25, 0.3) is 22.0 Å². The molecule has 0 unspecified atom stereocenters. The summed E-state index contributed by atoms with van der Waals surface area (Å²) in [6.07, 6.45) is 0.298. The lowest BCUT2D eigenvalue weighted by molar-refractivity contribution is -0.138. The number of rotatable bonds is 6. The average Bonchev–Trinajstić information content (AvgIpc) is 2.64. The van der Waals surface area contributed by atoms with Crippen LogP contribution in [0.4, 0.5) is 5.82 Å². The van der Waals surface area contributed by atoms with Gasteiger partial charge in [0.25, 0.3) is 0 Å². The lowest BCUT2D eigenvalue weighted by Gasteiger charge is -2.29. The first-order chi connectivity index (χ1) is 14.7. The maximum Gasteiger partial charge on any atom is 0.230 e. The minimum atomic E-state index is -3.47. The summed E-state index contributed by atoms with van der Waals surface area (Å²) in [5.74, 6) is 0.115. The van der Waals surface area contributed by atoms with E-state index in [1.807, 2.05) is 45.9 Å². The molecule has 2 aromatic carbocycles. The van der Waals surface area contributed by atoms with Crippen LogP contribution in [0.15, 0.2) is 42.5 Å². The number of ether oxygens (including phenoxy) is 1. The van der Waals surface area contributed by atoms with Crippen molar-refractivity contribution in [2.75, 3.05) is 11.0 Å². The van der Waals surface area contributed by atoms with Gasteiger partial charge in [0.15, 0.2) is 5.78 Å². The predicted molar refractivity (Wildman–Crippen MR) is 130 cm³/mol. The zero-order chi connectivity index (χ0) is 23.8. The number of sulfonamides is 1. The third-order valence-electron chi connectivity index (χ3n) is 4.77. The van der Waals surface area contributed by atoms with Gasteiger partial charge in [-0.25, -0.2) is 13.4 Å². The number of aromatic nitrogens is 1. The molecule has 0 bridgehead atoms. The van der Waals surface area contributed by atoms with Crippen LogP contribution in [-0.2, 0) is 19.6 Å². The van der Waals surface area contributed by atoms with Gasteiger partial charge in [-0.15, -0.1) is 0 Å². The molecule has 32 heavy (non-hydrogen) atoms. The van der Waals surface area contributed by atoms with Crippen LogP contribution in [0.2, 0.25) is 5.02 Å². The van der Waals surface area contributed by atoms with Crippen molar-refractivity contribution in [2.24, 2.45) is 0 Å². The summed E-state index contributed by atoms with van der Waals surface area (Å²) in [6.45, 7) is 9.14. The number of aryl methyl sites for hydroxylation is 1. The normalized spacial score (nSPS) is 13.2. The van der Waals surface area contributed by atoms with E-state index in [0.29, 0.717) is 10.5 Å². The first-order valence-electron chi connectivity index (χ1n) is 10.1. The van der Waals surface area contributed by atoms with Crippen LogP contribution in [0.5, 0.6) is 0 Å². The van der Waals surface area contributed by atoms with Crippen molar-refractivity contribution in [3.8, 4) is 11.1 Å². The van der Waals surface area contributed by atoms with Gasteiger partial charge in [0, 0.05) is 10.4 Å². The maximum absolute atomic E-state index is 12.7. The SMILES string of the molecule is CC(=O)[C@@H](OC(C)(C)C)c1c(C)cc2nc(NS(C)(=O)=O)ccc2c1-c1ccc(Cl)cc1. The van der Waals surface area contributed by atoms with E-state index in [2.05, 4.69) is 9.71 Å². The van der Waals surface area contributed by atoms with Gasteiger partial charge < -0.3 is 4.74 Å². The maximum atomic E-state index is 12.7. The first kappa shape index (κ1) is 24.2. The number of hydrogen-bond acceptors (Lipinski definition) is 5. The first-order valence-corrected chi connectivity index (χ1v) is 12.4. The lowest BCUT2D eigenvalue weighted by atomic mass is 9.87. The minimum Gasteiger partial charge on any atom is -0.360 e. The van der Waals surface area contributed by atoms with Crippen LogP contribution in [0, 0.1) is 6.92 Å². The zero-order valence-electron chi connectivity index (χ0n) is 19.0. The zero-order valence-corrected chi connectivity index (χ0v) is 20.6. The third-order valence-corrected chi connectivity index (χ3v) is 5.60. The molecule has 3 aromatic rings. The second-order valence-electron chi connectivity index (χ2n) is 8.85. The minimum absolute atomic E-state index is 0.110. The van der Waals surface area contributed by atoms with Gasteiger partial charge in [0.2, 0.25) is 10.0 Å². The van der Waals surface area contributed by atoms with Crippen molar-refractivity contribution < 1.29 is 17.9 Å². The molecule has 0 saturated heterocycles. The van der Waals surface area contributed by atoms with Crippen LogP contribution >= 0.6 is 11.6 Å². The number of benzene rings is 2. The average molecular weight is 475 g/mol. The highest BCUT2D eigenvalue weighted by molar-refractivity contribution is 7.92. The molecular weight excluding hydrogens is 448 g/mol. The molecule has 1 aromatic heterocycles. The number of Topliss-reactive ketones (excluding diaryl/α,β-unsaturated/α-hetero) is 1. The Labute approximate surface area is 194 Å². The van der Waals surface area contributed by atoms with E-state index < -0.39 is 21.7 Å². The highest BCUT2D eigenvalue weighted by Crippen LogP contribution is 2.40. The van der Waals surface area contributed by atoms with Crippen molar-refractivity contribution in [3.05, 3.63) is 58.6 Å². The Morgan fingerprint density at radius 1 is 1.12 bits per heavy atom. The highest BCUT2D eigenvalue weighted by Gasteiger charge is 2.29. The fraction of sp³-hybridized carbons (Fsp3) is 0.333. The standard InChI is InChI=1S/C24H27ClN2O4S/c1-14-13-19-18(11-12-20(26-19)27-32(6,29)30)22(16-7-9-17(25)10-8-16)21(14)23(15(2)28)31-24(3,4)5/h7-13,23H,1-6H3,(H,26,27)/t23-/m1/s1. The summed E-state index contributed by atoms with van der Waals surface area (Å²) >= 11 is 6.11. The van der Waals surface area contributed by atoms with Gasteiger partial charge in [-0.3, -0.25) is 9.52 Å². The summed E-state index contributed by atoms with van der Waals surface area (Å²) in [4.78, 5) is 17.2. The van der Waals surface area contributed by atoms with Crippen LogP contribution in [0.3, 0.4) is 0 Å². The molecule has 170 valence electrons. The second kappa shape index (κ2) is 8.81. The fourth-order valence-corrected chi connectivity index (χ4v) is 4.25. The van der Waals surface area contributed by atoms with Crippen molar-refractivity contribution in [1.82, 2.24) is 4.98 Å². The molecule has 6 nitrogen and oxygen atoms in total. The van der Waals surface area contributed by atoms with Gasteiger partial charge in [-0.1, -0.05) is 23.7 Å². The van der Waals surface area contributed by atoms with Gasteiger partial charge in [-0.05, 0) is 87.2 Å². The number of hydrogen-bond donors (Lipinski definition) is 1. The number of nitrogens with one attached hydrogen (secondary N) is 1. The summed E-state index contributed by atoms with van der Waals surface area (Å²) < 4.78 is 31.9. The Bertz CT molecular complexity index is 1280. The molecule has 0 radical (unpaired) electrons. The third kappa shape index (κ3) is 5.65. The van der Waals surface area contributed by atoms with Crippen LogP contribution < -0.4 is 4.72 Å². The smallest absolute Gasteiger partial charge is 0.230 e. The van der Waals surface area contributed by atoms with Crippen molar-refractivity contribution in [2.45, 2.75) is 46.3 Å². The lowest BCUT2D eigenvalue weighted by Crippen LogP contribution is -2.27. The van der Waals surface area contributed by atoms with Gasteiger partial charge in [-0.2, -0.15) is 0 Å². The molecule has 1 atom stereocenters. The summed E-state index contributed by atoms with van der Waals surface area (Å²) in [6, 6.07) is 12.6. The molecule has 0 saturated carbocycles. The van der Waals surface area contributed by atoms with E-state index >= 15 is 0 Å². The Kier molecular flexibility index (Phi) is 6.65. The molecule has 3 rings (SSSR count). The molecule has 1 heterocycles. The van der Waals surface area contributed by atoms with Crippen molar-refractivity contribution in [1.29, 1.82) is 0 Å². The number of fused-ring (bicyclic) bond motifs is 1. The highest BCUT2D eigenvalue weighted by atomic mass is 35.5.